The van der Waals surface area contributed by atoms with Gasteiger partial charge < -0.3 is 5.11 Å². The van der Waals surface area contributed by atoms with E-state index in [1.165, 1.54) is 4.57 Å². The maximum Gasteiger partial charge on any atom is 0.441 e. The molecule has 1 aromatic heterocycles. The number of benzene rings is 1. The van der Waals surface area contributed by atoms with Crippen LogP contribution in [0.3, 0.4) is 0 Å². The fourth-order valence-electron chi connectivity index (χ4n) is 1.50. The van der Waals surface area contributed by atoms with Crippen molar-refractivity contribution in [2.45, 2.75) is 12.6 Å². The van der Waals surface area contributed by atoms with Gasteiger partial charge in [-0.2, -0.15) is 0 Å². The van der Waals surface area contributed by atoms with Crippen LogP contribution in [0.25, 0.3) is 11.4 Å². The van der Waals surface area contributed by atoms with E-state index in [2.05, 4.69) is 25.6 Å². The Hall–Kier alpha value is -1.11. The molecule has 1 N–H and O–H groups in total. The number of rotatable bonds is 4. The maximum atomic E-state index is 11.5. The van der Waals surface area contributed by atoms with Crippen LogP contribution in [0.2, 0.25) is 5.02 Å². The van der Waals surface area contributed by atoms with Gasteiger partial charge in [0.2, 0.25) is 0 Å². The lowest BCUT2D eigenvalue weighted by Gasteiger charge is -2.08. The van der Waals surface area contributed by atoms with Crippen LogP contribution in [-0.2, 0) is 6.54 Å². The van der Waals surface area contributed by atoms with E-state index in [0.717, 1.165) is 0 Å². The lowest BCUT2D eigenvalue weighted by atomic mass is 10.2. The number of aliphatic hydroxyl groups excluding tert-OH is 1. The summed E-state index contributed by atoms with van der Waals surface area (Å²) >= 11 is 8.93. The third kappa shape index (κ3) is 2.82. The van der Waals surface area contributed by atoms with Gasteiger partial charge in [-0.05, 0) is 24.3 Å². The van der Waals surface area contributed by atoms with Gasteiger partial charge >= 0.3 is 5.76 Å². The van der Waals surface area contributed by atoms with Crippen molar-refractivity contribution in [3.63, 3.8) is 0 Å². The van der Waals surface area contributed by atoms with Gasteiger partial charge in [0.25, 0.3) is 0 Å². The fraction of sp³-hybridized carbons (Fsp3) is 0.273. The highest BCUT2D eigenvalue weighted by molar-refractivity contribution is 9.09. The van der Waals surface area contributed by atoms with Gasteiger partial charge in [0.15, 0.2) is 5.82 Å². The lowest BCUT2D eigenvalue weighted by Crippen LogP contribution is -2.25. The minimum absolute atomic E-state index is 0.117. The average Bonchev–Trinajstić information content (AvgIpc) is 2.72. The smallest absolute Gasteiger partial charge is 0.390 e. The zero-order valence-corrected chi connectivity index (χ0v) is 11.6. The number of halogens is 2. The van der Waals surface area contributed by atoms with Crippen molar-refractivity contribution in [3.8, 4) is 11.4 Å². The second-order valence-electron chi connectivity index (χ2n) is 3.70. The second-order valence-corrected chi connectivity index (χ2v) is 4.78. The van der Waals surface area contributed by atoms with E-state index >= 15 is 0 Å². The summed E-state index contributed by atoms with van der Waals surface area (Å²) in [7, 11) is 0. The molecule has 0 fully saturated rings. The van der Waals surface area contributed by atoms with Crippen molar-refractivity contribution in [2.24, 2.45) is 0 Å². The molecule has 1 atom stereocenters. The highest BCUT2D eigenvalue weighted by Crippen LogP contribution is 2.19. The lowest BCUT2D eigenvalue weighted by molar-refractivity contribution is 0.176. The van der Waals surface area contributed by atoms with Crippen LogP contribution in [0.5, 0.6) is 0 Å². The van der Waals surface area contributed by atoms with E-state index in [4.69, 9.17) is 11.6 Å². The van der Waals surface area contributed by atoms with Gasteiger partial charge in [0, 0.05) is 15.9 Å². The van der Waals surface area contributed by atoms with Crippen molar-refractivity contribution in [1.29, 1.82) is 0 Å². The van der Waals surface area contributed by atoms with Crippen molar-refractivity contribution in [1.82, 2.24) is 9.72 Å². The minimum Gasteiger partial charge on any atom is -0.390 e. The minimum atomic E-state index is -0.687. The molecule has 1 aromatic carbocycles. The summed E-state index contributed by atoms with van der Waals surface area (Å²) in [4.78, 5) is 11.5. The van der Waals surface area contributed by atoms with Crippen LogP contribution >= 0.6 is 27.5 Å². The average molecular weight is 334 g/mol. The number of hydrogen-bond donors (Lipinski definition) is 1. The van der Waals surface area contributed by atoms with Gasteiger partial charge in [-0.1, -0.05) is 32.7 Å². The van der Waals surface area contributed by atoms with Crippen molar-refractivity contribution in [2.75, 3.05) is 5.33 Å². The van der Waals surface area contributed by atoms with E-state index in [1.54, 1.807) is 24.3 Å². The van der Waals surface area contributed by atoms with Crippen molar-refractivity contribution in [3.05, 3.63) is 39.8 Å². The number of hydrogen-bond acceptors (Lipinski definition) is 4. The molecule has 0 saturated heterocycles. The molecule has 5 nitrogen and oxygen atoms in total. The molecular weight excluding hydrogens is 323 g/mol. The van der Waals surface area contributed by atoms with Gasteiger partial charge in [-0.15, -0.1) is 0 Å². The van der Waals surface area contributed by atoms with E-state index in [1.807, 2.05) is 0 Å². The SMILES string of the molecule is O=c1onc(-c2ccc(Cl)cc2)n1CC(O)CBr. The molecule has 1 unspecified atom stereocenters. The van der Waals surface area contributed by atoms with Gasteiger partial charge in [0.05, 0.1) is 12.6 Å². The molecule has 96 valence electrons. The van der Waals surface area contributed by atoms with Crippen LogP contribution in [0, 0.1) is 0 Å². The molecule has 0 saturated carbocycles. The van der Waals surface area contributed by atoms with E-state index in [-0.39, 0.29) is 6.54 Å². The normalized spacial score (nSPS) is 12.6. The summed E-state index contributed by atoms with van der Waals surface area (Å²) in [6.07, 6.45) is -0.687. The summed E-state index contributed by atoms with van der Waals surface area (Å²) in [5.41, 5.74) is 0.701. The summed E-state index contributed by atoms with van der Waals surface area (Å²) in [6, 6.07) is 6.86. The molecule has 2 aromatic rings. The predicted octanol–water partition coefficient (Wildman–Crippen LogP) is 1.91. The molecule has 0 aliphatic rings. The first-order valence-electron chi connectivity index (χ1n) is 5.18. The molecule has 18 heavy (non-hydrogen) atoms. The molecule has 0 aliphatic heterocycles. The summed E-state index contributed by atoms with van der Waals surface area (Å²) in [5.74, 6) is -0.225. The molecule has 0 bridgehead atoms. The standard InChI is InChI=1S/C11H10BrClN2O3/c12-5-9(16)6-15-10(14-18-11(15)17)7-1-3-8(13)4-2-7/h1-4,9,16H,5-6H2. The molecule has 7 heteroatoms. The summed E-state index contributed by atoms with van der Waals surface area (Å²) in [5, 5.41) is 14.2. The fourth-order valence-corrected chi connectivity index (χ4v) is 1.83. The first-order chi connectivity index (χ1) is 8.61. The Morgan fingerprint density at radius 3 is 2.72 bits per heavy atom. The number of aromatic nitrogens is 2. The summed E-state index contributed by atoms with van der Waals surface area (Å²) < 4.78 is 5.91. The Balaban J connectivity index is 2.39. The van der Waals surface area contributed by atoms with Crippen LogP contribution in [-0.4, -0.2) is 26.3 Å². The van der Waals surface area contributed by atoms with Gasteiger partial charge in [-0.25, -0.2) is 4.79 Å². The van der Waals surface area contributed by atoms with Gasteiger partial charge in [-0.3, -0.25) is 9.09 Å². The molecule has 0 aliphatic carbocycles. The first kappa shape index (κ1) is 13.3. The second kappa shape index (κ2) is 5.69. The molecule has 0 spiro atoms. The maximum absolute atomic E-state index is 11.5. The number of nitrogens with zero attached hydrogens (tertiary/aromatic N) is 2. The third-order valence-electron chi connectivity index (χ3n) is 2.36. The van der Waals surface area contributed by atoms with Crippen LogP contribution < -0.4 is 5.76 Å². The van der Waals surface area contributed by atoms with Crippen LogP contribution in [0.4, 0.5) is 0 Å². The Labute approximate surface area is 116 Å². The highest BCUT2D eigenvalue weighted by Gasteiger charge is 2.15. The zero-order chi connectivity index (χ0) is 13.1. The molecule has 2 rings (SSSR count). The topological polar surface area (TPSA) is 68.3 Å². The van der Waals surface area contributed by atoms with E-state index in [0.29, 0.717) is 21.7 Å². The largest absolute Gasteiger partial charge is 0.441 e. The van der Waals surface area contributed by atoms with Crippen molar-refractivity contribution >= 4 is 27.5 Å². The number of aliphatic hydroxyl groups is 1. The molecule has 0 radical (unpaired) electrons. The van der Waals surface area contributed by atoms with Crippen LogP contribution in [0.15, 0.2) is 33.6 Å². The predicted molar refractivity (Wildman–Crippen MR) is 71.0 cm³/mol. The Morgan fingerprint density at radius 1 is 1.44 bits per heavy atom. The Morgan fingerprint density at radius 2 is 2.11 bits per heavy atom. The monoisotopic (exact) mass is 332 g/mol. The molecule has 1 heterocycles. The van der Waals surface area contributed by atoms with E-state index < -0.39 is 11.9 Å². The third-order valence-corrected chi connectivity index (χ3v) is 3.36. The van der Waals surface area contributed by atoms with Gasteiger partial charge in [0.1, 0.15) is 0 Å². The summed E-state index contributed by atoms with van der Waals surface area (Å²) in [6.45, 7) is 0.117. The highest BCUT2D eigenvalue weighted by atomic mass is 79.9. The molecule has 0 amide bonds. The van der Waals surface area contributed by atoms with Crippen LogP contribution in [0.1, 0.15) is 0 Å². The Kier molecular flexibility index (Phi) is 4.21. The first-order valence-corrected chi connectivity index (χ1v) is 6.68. The Bertz CT molecular complexity index is 579. The quantitative estimate of drug-likeness (QED) is 0.868. The zero-order valence-electron chi connectivity index (χ0n) is 9.22. The van der Waals surface area contributed by atoms with E-state index in [9.17, 15) is 9.90 Å². The molecular formula is C11H10BrClN2O3. The number of alkyl halides is 1. The van der Waals surface area contributed by atoms with Crippen molar-refractivity contribution < 1.29 is 9.63 Å².